The lowest BCUT2D eigenvalue weighted by Gasteiger charge is -1.98. The molecule has 0 amide bonds. The van der Waals surface area contributed by atoms with E-state index in [4.69, 9.17) is 16.7 Å². The van der Waals surface area contributed by atoms with Crippen molar-refractivity contribution in [2.75, 3.05) is 0 Å². The molecule has 0 fully saturated rings. The summed E-state index contributed by atoms with van der Waals surface area (Å²) in [7, 11) is 0. The fourth-order valence-corrected chi connectivity index (χ4v) is 1.91. The van der Waals surface area contributed by atoms with E-state index in [1.54, 1.807) is 13.0 Å². The Morgan fingerprint density at radius 1 is 1.47 bits per heavy atom. The zero-order valence-electron chi connectivity index (χ0n) is 7.84. The van der Waals surface area contributed by atoms with Crippen LogP contribution in [0.5, 0.6) is 5.75 Å². The number of aromatic hydroxyl groups is 1. The molecule has 0 atom stereocenters. The number of H-pyrrole nitrogens is 1. The molecular formula is C10H8ClNO3. The van der Waals surface area contributed by atoms with Crippen molar-refractivity contribution in [1.82, 2.24) is 4.98 Å². The smallest absolute Gasteiger partial charge is 0.352 e. The second kappa shape index (κ2) is 3.17. The summed E-state index contributed by atoms with van der Waals surface area (Å²) in [5.74, 6) is -1.09. The van der Waals surface area contributed by atoms with Crippen LogP contribution in [0.1, 0.15) is 16.1 Å². The number of aromatic carboxylic acids is 1. The van der Waals surface area contributed by atoms with Gasteiger partial charge in [-0.3, -0.25) is 0 Å². The Balaban J connectivity index is 2.89. The van der Waals surface area contributed by atoms with Crippen molar-refractivity contribution in [2.45, 2.75) is 6.92 Å². The first-order valence-corrected chi connectivity index (χ1v) is 4.63. The molecule has 0 saturated heterocycles. The molecule has 15 heavy (non-hydrogen) atoms. The van der Waals surface area contributed by atoms with Crippen molar-refractivity contribution in [3.8, 4) is 5.75 Å². The Labute approximate surface area is 90.1 Å². The van der Waals surface area contributed by atoms with Gasteiger partial charge in [-0.15, -0.1) is 0 Å². The molecule has 2 aromatic rings. The predicted octanol–water partition coefficient (Wildman–Crippen LogP) is 2.53. The van der Waals surface area contributed by atoms with Crippen LogP contribution in [0.3, 0.4) is 0 Å². The molecule has 0 spiro atoms. The highest BCUT2D eigenvalue weighted by molar-refractivity contribution is 6.37. The quantitative estimate of drug-likeness (QED) is 0.698. The maximum atomic E-state index is 10.9. The van der Waals surface area contributed by atoms with Gasteiger partial charge in [-0.25, -0.2) is 4.79 Å². The number of halogens is 1. The van der Waals surface area contributed by atoms with E-state index in [9.17, 15) is 9.90 Å². The van der Waals surface area contributed by atoms with Crippen molar-refractivity contribution in [1.29, 1.82) is 0 Å². The van der Waals surface area contributed by atoms with Crippen LogP contribution in [-0.4, -0.2) is 21.2 Å². The van der Waals surface area contributed by atoms with Crippen molar-refractivity contribution < 1.29 is 15.0 Å². The van der Waals surface area contributed by atoms with Crippen LogP contribution in [0, 0.1) is 6.92 Å². The van der Waals surface area contributed by atoms with E-state index < -0.39 is 5.97 Å². The average molecular weight is 226 g/mol. The van der Waals surface area contributed by atoms with E-state index in [0.717, 1.165) is 0 Å². The lowest BCUT2D eigenvalue weighted by atomic mass is 10.1. The SMILES string of the molecule is Cc1c(C(=O)O)[nH]c2ccc(O)c(Cl)c12. The van der Waals surface area contributed by atoms with Crippen molar-refractivity contribution in [3.63, 3.8) is 0 Å². The molecule has 0 saturated carbocycles. The topological polar surface area (TPSA) is 73.3 Å². The van der Waals surface area contributed by atoms with Gasteiger partial charge in [-0.1, -0.05) is 11.6 Å². The van der Waals surface area contributed by atoms with E-state index in [-0.39, 0.29) is 16.5 Å². The summed E-state index contributed by atoms with van der Waals surface area (Å²) in [4.78, 5) is 13.6. The highest BCUT2D eigenvalue weighted by Crippen LogP contribution is 2.35. The fourth-order valence-electron chi connectivity index (χ4n) is 1.60. The van der Waals surface area contributed by atoms with Gasteiger partial charge < -0.3 is 15.2 Å². The number of phenolic OH excluding ortho intramolecular Hbond substituents is 1. The summed E-state index contributed by atoms with van der Waals surface area (Å²) < 4.78 is 0. The minimum Gasteiger partial charge on any atom is -0.506 e. The number of rotatable bonds is 1. The molecule has 4 nitrogen and oxygen atoms in total. The monoisotopic (exact) mass is 225 g/mol. The molecule has 0 bridgehead atoms. The Bertz CT molecular complexity index is 559. The molecule has 2 rings (SSSR count). The van der Waals surface area contributed by atoms with Gasteiger partial charge in [0, 0.05) is 10.9 Å². The first-order valence-electron chi connectivity index (χ1n) is 4.25. The Hall–Kier alpha value is -1.68. The minimum absolute atomic E-state index is 0.0526. The van der Waals surface area contributed by atoms with E-state index >= 15 is 0 Å². The Morgan fingerprint density at radius 2 is 2.13 bits per heavy atom. The molecule has 78 valence electrons. The number of hydrogen-bond donors (Lipinski definition) is 3. The molecule has 3 N–H and O–H groups in total. The molecule has 1 aromatic carbocycles. The van der Waals surface area contributed by atoms with Crippen LogP contribution in [0.15, 0.2) is 12.1 Å². The summed E-state index contributed by atoms with van der Waals surface area (Å²) in [5.41, 5.74) is 1.23. The van der Waals surface area contributed by atoms with Crippen molar-refractivity contribution in [3.05, 3.63) is 28.4 Å². The third-order valence-electron chi connectivity index (χ3n) is 2.35. The molecule has 0 aliphatic carbocycles. The fraction of sp³-hybridized carbons (Fsp3) is 0.100. The molecule has 1 heterocycles. The zero-order chi connectivity index (χ0) is 11.2. The highest BCUT2D eigenvalue weighted by atomic mass is 35.5. The first-order chi connectivity index (χ1) is 7.02. The van der Waals surface area contributed by atoms with E-state index in [2.05, 4.69) is 4.98 Å². The standard InChI is InChI=1S/C10H8ClNO3/c1-4-7-5(12-9(4)10(14)15)2-3-6(13)8(7)11/h2-3,12-13H,1H3,(H,14,15). The molecule has 0 aliphatic rings. The van der Waals surface area contributed by atoms with Crippen LogP contribution < -0.4 is 0 Å². The van der Waals surface area contributed by atoms with Crippen LogP contribution in [0.25, 0.3) is 10.9 Å². The highest BCUT2D eigenvalue weighted by Gasteiger charge is 2.16. The number of carboxylic acid groups (broad SMARTS) is 1. The summed E-state index contributed by atoms with van der Waals surface area (Å²) in [6.45, 7) is 1.65. The normalized spacial score (nSPS) is 10.8. The number of carboxylic acids is 1. The van der Waals surface area contributed by atoms with Crippen LogP contribution in [0.2, 0.25) is 5.02 Å². The number of phenols is 1. The maximum absolute atomic E-state index is 10.9. The molecule has 0 aliphatic heterocycles. The van der Waals surface area contributed by atoms with Gasteiger partial charge in [0.05, 0.1) is 5.02 Å². The van der Waals surface area contributed by atoms with Crippen molar-refractivity contribution in [2.24, 2.45) is 0 Å². The number of fused-ring (bicyclic) bond motifs is 1. The lowest BCUT2D eigenvalue weighted by Crippen LogP contribution is -1.98. The Kier molecular flexibility index (Phi) is 2.08. The van der Waals surface area contributed by atoms with Gasteiger partial charge in [0.2, 0.25) is 0 Å². The number of aryl methyl sites for hydroxylation is 1. The van der Waals surface area contributed by atoms with Crippen LogP contribution in [-0.2, 0) is 0 Å². The maximum Gasteiger partial charge on any atom is 0.352 e. The molecule has 1 aromatic heterocycles. The van der Waals surface area contributed by atoms with Gasteiger partial charge in [0.25, 0.3) is 0 Å². The number of carbonyl (C=O) groups is 1. The number of benzene rings is 1. The average Bonchev–Trinajstić information content (AvgIpc) is 2.50. The van der Waals surface area contributed by atoms with Crippen LogP contribution in [0.4, 0.5) is 0 Å². The van der Waals surface area contributed by atoms with Gasteiger partial charge in [0.15, 0.2) is 0 Å². The summed E-state index contributed by atoms with van der Waals surface area (Å²) in [5, 5.41) is 19.0. The summed E-state index contributed by atoms with van der Waals surface area (Å²) in [6.07, 6.45) is 0. The molecular weight excluding hydrogens is 218 g/mol. The third-order valence-corrected chi connectivity index (χ3v) is 2.73. The third kappa shape index (κ3) is 1.34. The van der Waals surface area contributed by atoms with Gasteiger partial charge in [-0.05, 0) is 24.6 Å². The second-order valence-electron chi connectivity index (χ2n) is 3.25. The lowest BCUT2D eigenvalue weighted by molar-refractivity contribution is 0.0691. The van der Waals surface area contributed by atoms with E-state index in [1.165, 1.54) is 6.07 Å². The Morgan fingerprint density at radius 3 is 2.73 bits per heavy atom. The minimum atomic E-state index is -1.04. The number of aromatic amines is 1. The number of hydrogen-bond acceptors (Lipinski definition) is 2. The number of nitrogens with one attached hydrogen (secondary N) is 1. The predicted molar refractivity (Wildman–Crippen MR) is 56.7 cm³/mol. The largest absolute Gasteiger partial charge is 0.506 e. The summed E-state index contributed by atoms with van der Waals surface area (Å²) in [6, 6.07) is 3.02. The first kappa shape index (κ1) is 9.86. The van der Waals surface area contributed by atoms with Gasteiger partial charge >= 0.3 is 5.97 Å². The van der Waals surface area contributed by atoms with E-state index in [0.29, 0.717) is 16.5 Å². The number of aromatic nitrogens is 1. The summed E-state index contributed by atoms with van der Waals surface area (Å²) >= 11 is 5.89. The van der Waals surface area contributed by atoms with Crippen molar-refractivity contribution >= 4 is 28.5 Å². The second-order valence-corrected chi connectivity index (χ2v) is 3.63. The molecule has 0 unspecified atom stereocenters. The van der Waals surface area contributed by atoms with Gasteiger partial charge in [0.1, 0.15) is 11.4 Å². The molecule has 0 radical (unpaired) electrons. The molecule has 5 heteroatoms. The van der Waals surface area contributed by atoms with Gasteiger partial charge in [-0.2, -0.15) is 0 Å². The zero-order valence-corrected chi connectivity index (χ0v) is 8.59. The van der Waals surface area contributed by atoms with E-state index in [1.807, 2.05) is 0 Å². The van der Waals surface area contributed by atoms with Crippen LogP contribution >= 0.6 is 11.6 Å².